The molecule has 0 radical (unpaired) electrons. The van der Waals surface area contributed by atoms with Gasteiger partial charge in [0.25, 0.3) is 0 Å². The molecule has 1 aromatic heterocycles. The zero-order valence-electron chi connectivity index (χ0n) is 10.2. The van der Waals surface area contributed by atoms with Gasteiger partial charge in [0.1, 0.15) is 0 Å². The molecule has 1 aliphatic heterocycles. The van der Waals surface area contributed by atoms with Crippen molar-refractivity contribution >= 4 is 0 Å². The van der Waals surface area contributed by atoms with Crippen molar-refractivity contribution in [1.29, 1.82) is 0 Å². The van der Waals surface area contributed by atoms with E-state index in [0.29, 0.717) is 12.0 Å². The van der Waals surface area contributed by atoms with Gasteiger partial charge < -0.3 is 10.3 Å². The van der Waals surface area contributed by atoms with Gasteiger partial charge in [-0.1, -0.05) is 19.0 Å². The van der Waals surface area contributed by atoms with E-state index < -0.39 is 0 Å². The average Bonchev–Trinajstić information content (AvgIpc) is 2.69. The molecule has 16 heavy (non-hydrogen) atoms. The fourth-order valence-electron chi connectivity index (χ4n) is 2.06. The van der Waals surface area contributed by atoms with E-state index in [1.54, 1.807) is 0 Å². The molecular weight excluding hydrogens is 202 g/mol. The second-order valence-corrected chi connectivity index (χ2v) is 5.43. The molecule has 1 saturated heterocycles. The maximum Gasteiger partial charge on any atom is 0.151 e. The number of rotatable bonds is 3. The van der Waals surface area contributed by atoms with Gasteiger partial charge in [-0.05, 0) is 31.3 Å². The van der Waals surface area contributed by atoms with Crippen molar-refractivity contribution in [2.75, 3.05) is 13.1 Å². The lowest BCUT2D eigenvalue weighted by Gasteiger charge is -2.36. The van der Waals surface area contributed by atoms with Crippen molar-refractivity contribution in [3.63, 3.8) is 0 Å². The minimum absolute atomic E-state index is 0.455. The Morgan fingerprint density at radius 3 is 2.69 bits per heavy atom. The first-order chi connectivity index (χ1) is 7.59. The molecule has 4 heteroatoms. The third-order valence-electron chi connectivity index (χ3n) is 3.41. The highest BCUT2D eigenvalue weighted by molar-refractivity contribution is 5.04. The summed E-state index contributed by atoms with van der Waals surface area (Å²) in [6, 6.07) is 1.96. The van der Waals surface area contributed by atoms with Crippen molar-refractivity contribution < 1.29 is 4.52 Å². The van der Waals surface area contributed by atoms with E-state index >= 15 is 0 Å². The summed E-state index contributed by atoms with van der Waals surface area (Å²) in [5, 5.41) is 3.90. The van der Waals surface area contributed by atoms with Gasteiger partial charge in [0.15, 0.2) is 5.76 Å². The molecule has 0 unspecified atom stereocenters. The van der Waals surface area contributed by atoms with E-state index in [9.17, 15) is 0 Å². The minimum atomic E-state index is 0.455. The lowest BCUT2D eigenvalue weighted by Crippen LogP contribution is -2.36. The van der Waals surface area contributed by atoms with Crippen LogP contribution in [0.2, 0.25) is 0 Å². The van der Waals surface area contributed by atoms with Crippen LogP contribution < -0.4 is 5.73 Å². The molecule has 1 aromatic rings. The highest BCUT2D eigenvalue weighted by Crippen LogP contribution is 2.30. The monoisotopic (exact) mass is 223 g/mol. The maximum absolute atomic E-state index is 5.50. The van der Waals surface area contributed by atoms with Crippen LogP contribution in [0.1, 0.15) is 38.1 Å². The number of aromatic nitrogens is 1. The lowest BCUT2D eigenvalue weighted by atomic mass is 9.83. The van der Waals surface area contributed by atoms with E-state index in [-0.39, 0.29) is 0 Å². The maximum atomic E-state index is 5.50. The van der Waals surface area contributed by atoms with Gasteiger partial charge in [0.05, 0.1) is 12.2 Å². The van der Waals surface area contributed by atoms with E-state index in [1.165, 1.54) is 12.8 Å². The Kier molecular flexibility index (Phi) is 3.30. The fraction of sp³-hybridized carbons (Fsp3) is 0.750. The molecule has 0 aromatic carbocycles. The number of nitrogens with two attached hydrogens (primary N) is 1. The Labute approximate surface area is 96.8 Å². The second-order valence-electron chi connectivity index (χ2n) is 5.43. The van der Waals surface area contributed by atoms with E-state index in [2.05, 4.69) is 23.9 Å². The van der Waals surface area contributed by atoms with Crippen LogP contribution in [0, 0.1) is 5.41 Å². The van der Waals surface area contributed by atoms with Crippen molar-refractivity contribution in [3.8, 4) is 0 Å². The quantitative estimate of drug-likeness (QED) is 0.848. The number of likely N-dealkylation sites (tertiary alicyclic amines) is 1. The molecule has 1 fully saturated rings. The van der Waals surface area contributed by atoms with Crippen LogP contribution >= 0.6 is 0 Å². The summed E-state index contributed by atoms with van der Waals surface area (Å²) in [5.74, 6) is 0.931. The molecule has 2 N–H and O–H groups in total. The molecule has 0 aliphatic carbocycles. The van der Waals surface area contributed by atoms with E-state index in [4.69, 9.17) is 10.3 Å². The average molecular weight is 223 g/mol. The SMILES string of the molecule is CC1(C)CCN(Cc2cc(CN)no2)CC1. The summed E-state index contributed by atoms with van der Waals surface area (Å²) in [6.45, 7) is 8.29. The van der Waals surface area contributed by atoms with Gasteiger partial charge in [0.2, 0.25) is 0 Å². The fourth-order valence-corrected chi connectivity index (χ4v) is 2.06. The Balaban J connectivity index is 1.87. The third kappa shape index (κ3) is 2.83. The Morgan fingerprint density at radius 1 is 1.44 bits per heavy atom. The van der Waals surface area contributed by atoms with Crippen molar-refractivity contribution in [2.24, 2.45) is 11.1 Å². The molecule has 0 spiro atoms. The summed E-state index contributed by atoms with van der Waals surface area (Å²) in [7, 11) is 0. The van der Waals surface area contributed by atoms with Gasteiger partial charge in [-0.2, -0.15) is 0 Å². The predicted octanol–water partition coefficient (Wildman–Crippen LogP) is 1.76. The smallest absolute Gasteiger partial charge is 0.151 e. The first-order valence-electron chi connectivity index (χ1n) is 5.96. The standard InChI is InChI=1S/C12H21N3O/c1-12(2)3-5-15(6-4-12)9-11-7-10(8-13)14-16-11/h7H,3-6,8-9,13H2,1-2H3. The number of hydrogen-bond acceptors (Lipinski definition) is 4. The summed E-state index contributed by atoms with van der Waals surface area (Å²) >= 11 is 0. The van der Waals surface area contributed by atoms with E-state index in [1.807, 2.05) is 6.07 Å². The van der Waals surface area contributed by atoms with Crippen molar-refractivity contribution in [2.45, 2.75) is 39.8 Å². The highest BCUT2D eigenvalue weighted by Gasteiger charge is 2.25. The van der Waals surface area contributed by atoms with Gasteiger partial charge in [0, 0.05) is 12.6 Å². The Morgan fingerprint density at radius 2 is 2.12 bits per heavy atom. The predicted molar refractivity (Wildman–Crippen MR) is 62.7 cm³/mol. The summed E-state index contributed by atoms with van der Waals surface area (Å²) in [6.07, 6.45) is 2.51. The van der Waals surface area contributed by atoms with Gasteiger partial charge >= 0.3 is 0 Å². The van der Waals surface area contributed by atoms with Crippen LogP contribution in [-0.4, -0.2) is 23.1 Å². The number of nitrogens with zero attached hydrogens (tertiary/aromatic N) is 2. The molecule has 4 nitrogen and oxygen atoms in total. The van der Waals surface area contributed by atoms with Gasteiger partial charge in [-0.25, -0.2) is 0 Å². The van der Waals surface area contributed by atoms with Crippen LogP contribution in [0.3, 0.4) is 0 Å². The summed E-state index contributed by atoms with van der Waals surface area (Å²) < 4.78 is 5.24. The molecule has 2 heterocycles. The topological polar surface area (TPSA) is 55.3 Å². The van der Waals surface area contributed by atoms with Crippen LogP contribution in [-0.2, 0) is 13.1 Å². The Hall–Kier alpha value is -0.870. The Bertz CT molecular complexity index is 336. The molecule has 0 saturated carbocycles. The first-order valence-corrected chi connectivity index (χ1v) is 5.96. The van der Waals surface area contributed by atoms with Crippen LogP contribution in [0.5, 0.6) is 0 Å². The number of piperidine rings is 1. The molecular formula is C12H21N3O. The zero-order valence-corrected chi connectivity index (χ0v) is 10.2. The zero-order chi connectivity index (χ0) is 11.6. The number of hydrogen-bond donors (Lipinski definition) is 1. The molecule has 1 aliphatic rings. The van der Waals surface area contributed by atoms with Crippen LogP contribution in [0.4, 0.5) is 0 Å². The minimum Gasteiger partial charge on any atom is -0.360 e. The summed E-state index contributed by atoms with van der Waals surface area (Å²) in [4.78, 5) is 2.42. The molecule has 90 valence electrons. The van der Waals surface area contributed by atoms with Crippen LogP contribution in [0.15, 0.2) is 10.6 Å². The molecule has 0 atom stereocenters. The largest absolute Gasteiger partial charge is 0.360 e. The van der Waals surface area contributed by atoms with Crippen LogP contribution in [0.25, 0.3) is 0 Å². The lowest BCUT2D eigenvalue weighted by molar-refractivity contribution is 0.117. The first kappa shape index (κ1) is 11.6. The van der Waals surface area contributed by atoms with E-state index in [0.717, 1.165) is 31.1 Å². The molecule has 2 rings (SSSR count). The third-order valence-corrected chi connectivity index (χ3v) is 3.41. The van der Waals surface area contributed by atoms with Crippen molar-refractivity contribution in [1.82, 2.24) is 10.1 Å². The van der Waals surface area contributed by atoms with Gasteiger partial charge in [-0.3, -0.25) is 4.90 Å². The molecule has 0 bridgehead atoms. The highest BCUT2D eigenvalue weighted by atomic mass is 16.5. The normalized spacial score (nSPS) is 21.2. The second kappa shape index (κ2) is 4.55. The van der Waals surface area contributed by atoms with Gasteiger partial charge in [-0.15, -0.1) is 0 Å². The molecule has 0 amide bonds. The van der Waals surface area contributed by atoms with Crippen molar-refractivity contribution in [3.05, 3.63) is 17.5 Å². The summed E-state index contributed by atoms with van der Waals surface area (Å²) in [5.41, 5.74) is 6.84.